The first-order valence-electron chi connectivity index (χ1n) is 12.8. The number of aliphatic hydroxyl groups is 1. The van der Waals surface area contributed by atoms with E-state index in [4.69, 9.17) is 18.9 Å². The van der Waals surface area contributed by atoms with E-state index in [0.29, 0.717) is 29.1 Å². The van der Waals surface area contributed by atoms with E-state index in [2.05, 4.69) is 17.6 Å². The van der Waals surface area contributed by atoms with Crippen molar-refractivity contribution in [3.05, 3.63) is 66.4 Å². The Balaban J connectivity index is 0.00000336. The van der Waals surface area contributed by atoms with Crippen LogP contribution < -0.4 is 35.9 Å². The van der Waals surface area contributed by atoms with Crippen LogP contribution in [0.25, 0.3) is 10.9 Å². The molecule has 204 valence electrons. The summed E-state index contributed by atoms with van der Waals surface area (Å²) in [5.41, 5.74) is 2.85. The highest BCUT2D eigenvalue weighted by molar-refractivity contribution is 5.83. The molecule has 6 rings (SSSR count). The normalized spacial score (nSPS) is 24.8. The Hall–Kier alpha value is -2.81. The summed E-state index contributed by atoms with van der Waals surface area (Å²) in [6, 6.07) is 11.9. The molecule has 0 saturated carbocycles. The molecule has 3 saturated heterocycles. The van der Waals surface area contributed by atoms with Crippen molar-refractivity contribution in [3.8, 4) is 23.0 Å². The molecule has 5 atom stereocenters. The number of rotatable bonds is 9. The molecular weight excluding hydrogens is 548 g/mol. The van der Waals surface area contributed by atoms with Crippen LogP contribution in [0.1, 0.15) is 30.1 Å². The Morgan fingerprint density at radius 1 is 1.05 bits per heavy atom. The molecule has 3 aliphatic rings. The molecule has 1 N–H and O–H groups in total. The summed E-state index contributed by atoms with van der Waals surface area (Å²) in [4.78, 5) is 4.53. The number of methoxy groups -OCH3 is 4. The molecule has 3 aliphatic heterocycles. The number of fused-ring (bicyclic) bond motifs is 4. The van der Waals surface area contributed by atoms with E-state index in [-0.39, 0.29) is 23.0 Å². The van der Waals surface area contributed by atoms with Crippen LogP contribution in [0.3, 0.4) is 0 Å². The number of piperidine rings is 3. The van der Waals surface area contributed by atoms with Gasteiger partial charge in [0.1, 0.15) is 24.4 Å². The molecule has 2 aromatic carbocycles. The van der Waals surface area contributed by atoms with E-state index in [1.54, 1.807) is 34.6 Å². The predicted octanol–water partition coefficient (Wildman–Crippen LogP) is 1.92. The first kappa shape index (κ1) is 28.2. The van der Waals surface area contributed by atoms with Crippen molar-refractivity contribution in [2.75, 3.05) is 41.5 Å². The fourth-order valence-electron chi connectivity index (χ4n) is 6.71. The number of ether oxygens (including phenoxy) is 4. The second-order valence-electron chi connectivity index (χ2n) is 10.3. The number of nitrogens with zero attached hydrogens (tertiary/aromatic N) is 2. The fourth-order valence-corrected chi connectivity index (χ4v) is 6.71. The number of quaternary nitrogens is 1. The lowest BCUT2D eigenvalue weighted by Gasteiger charge is -2.58. The summed E-state index contributed by atoms with van der Waals surface area (Å²) in [5.74, 6) is 3.59. The van der Waals surface area contributed by atoms with Gasteiger partial charge in [0.2, 0.25) is 5.75 Å². The molecule has 8 heteroatoms. The maximum absolute atomic E-state index is 12.0. The molecule has 0 amide bonds. The first-order chi connectivity index (χ1) is 18.0. The molecule has 0 radical (unpaired) electrons. The van der Waals surface area contributed by atoms with Crippen molar-refractivity contribution < 1.29 is 45.5 Å². The Kier molecular flexibility index (Phi) is 8.55. The second-order valence-corrected chi connectivity index (χ2v) is 10.3. The number of hydrogen-bond acceptors (Lipinski definition) is 6. The topological polar surface area (TPSA) is 70.0 Å². The first-order valence-corrected chi connectivity index (χ1v) is 12.8. The van der Waals surface area contributed by atoms with Crippen molar-refractivity contribution >= 4 is 10.9 Å². The largest absolute Gasteiger partial charge is 1.00 e. The quantitative estimate of drug-likeness (QED) is 0.306. The van der Waals surface area contributed by atoms with Crippen LogP contribution >= 0.6 is 0 Å². The number of benzene rings is 2. The van der Waals surface area contributed by atoms with Crippen LogP contribution in [0.2, 0.25) is 0 Å². The molecule has 0 aliphatic carbocycles. The summed E-state index contributed by atoms with van der Waals surface area (Å²) in [6.45, 7) is 6.85. The summed E-state index contributed by atoms with van der Waals surface area (Å²) in [7, 11) is 6.56. The van der Waals surface area contributed by atoms with E-state index in [1.807, 2.05) is 36.4 Å². The smallest absolute Gasteiger partial charge is 0.203 e. The molecule has 1 unspecified atom stereocenters. The second kappa shape index (κ2) is 11.5. The van der Waals surface area contributed by atoms with Crippen molar-refractivity contribution in [2.24, 2.45) is 11.8 Å². The third kappa shape index (κ3) is 4.85. The van der Waals surface area contributed by atoms with Crippen LogP contribution in [-0.4, -0.2) is 62.1 Å². The Morgan fingerprint density at radius 3 is 2.42 bits per heavy atom. The minimum atomic E-state index is -0.645. The van der Waals surface area contributed by atoms with Gasteiger partial charge in [-0.2, -0.15) is 0 Å². The third-order valence-electron chi connectivity index (χ3n) is 8.56. The van der Waals surface area contributed by atoms with Crippen LogP contribution in [0.15, 0.2) is 55.3 Å². The minimum absolute atomic E-state index is 0. The molecule has 2 bridgehead atoms. The lowest BCUT2D eigenvalue weighted by atomic mass is 9.71. The number of aromatic nitrogens is 1. The van der Waals surface area contributed by atoms with Gasteiger partial charge in [-0.1, -0.05) is 6.08 Å². The molecule has 4 heterocycles. The molecule has 1 aromatic heterocycles. The monoisotopic (exact) mass is 584 g/mol. The average Bonchev–Trinajstić information content (AvgIpc) is 2.95. The highest BCUT2D eigenvalue weighted by atomic mass is 79.9. The molecule has 3 fully saturated rings. The summed E-state index contributed by atoms with van der Waals surface area (Å²) < 4.78 is 23.1. The van der Waals surface area contributed by atoms with Crippen molar-refractivity contribution in [1.82, 2.24) is 4.98 Å². The van der Waals surface area contributed by atoms with E-state index < -0.39 is 6.10 Å². The lowest BCUT2D eigenvalue weighted by molar-refractivity contribution is -0.984. The SMILES string of the molecule is C=C[C@H]1C[N+]2(Cc3cc(OC)c(OC)c(OC)c3)CC[C@H]1C[C@H]2[C@H](O)c1ccnc2ccc(OC)cc12.[Br-]. The number of hydrogen-bond donors (Lipinski definition) is 1. The molecule has 0 spiro atoms. The number of aliphatic hydroxyl groups excluding tert-OH is 1. The van der Waals surface area contributed by atoms with Crippen molar-refractivity contribution in [2.45, 2.75) is 31.5 Å². The van der Waals surface area contributed by atoms with Gasteiger partial charge in [-0.05, 0) is 47.9 Å². The van der Waals surface area contributed by atoms with Crippen LogP contribution in [0.4, 0.5) is 0 Å². The van der Waals surface area contributed by atoms with Gasteiger partial charge >= 0.3 is 0 Å². The number of pyridine rings is 1. The van der Waals surface area contributed by atoms with E-state index >= 15 is 0 Å². The Bertz CT molecular complexity index is 1280. The minimum Gasteiger partial charge on any atom is -1.00 e. The van der Waals surface area contributed by atoms with Gasteiger partial charge < -0.3 is 45.5 Å². The zero-order chi connectivity index (χ0) is 26.2. The Morgan fingerprint density at radius 2 is 1.79 bits per heavy atom. The summed E-state index contributed by atoms with van der Waals surface area (Å²) in [5, 5.41) is 13.0. The van der Waals surface area contributed by atoms with E-state index in [0.717, 1.165) is 64.7 Å². The van der Waals surface area contributed by atoms with Crippen LogP contribution in [-0.2, 0) is 6.54 Å². The molecule has 7 nitrogen and oxygen atoms in total. The van der Waals surface area contributed by atoms with E-state index in [1.165, 1.54) is 0 Å². The maximum Gasteiger partial charge on any atom is 0.203 e. The zero-order valence-corrected chi connectivity index (χ0v) is 24.1. The van der Waals surface area contributed by atoms with Gasteiger partial charge in [0, 0.05) is 35.9 Å². The maximum atomic E-state index is 12.0. The fraction of sp³-hybridized carbons (Fsp3) is 0.433. The summed E-state index contributed by atoms with van der Waals surface area (Å²) >= 11 is 0. The van der Waals surface area contributed by atoms with Gasteiger partial charge in [0.05, 0.1) is 47.0 Å². The van der Waals surface area contributed by atoms with Gasteiger partial charge in [0.15, 0.2) is 11.5 Å². The van der Waals surface area contributed by atoms with Gasteiger partial charge in [-0.25, -0.2) is 0 Å². The van der Waals surface area contributed by atoms with Crippen molar-refractivity contribution in [3.63, 3.8) is 0 Å². The van der Waals surface area contributed by atoms with Crippen LogP contribution in [0.5, 0.6) is 23.0 Å². The molecule has 3 aromatic rings. The Labute approximate surface area is 235 Å². The van der Waals surface area contributed by atoms with Gasteiger partial charge in [-0.3, -0.25) is 4.98 Å². The van der Waals surface area contributed by atoms with Crippen LogP contribution in [0, 0.1) is 11.8 Å². The average molecular weight is 586 g/mol. The molecular formula is C30H37BrN2O5. The third-order valence-corrected chi connectivity index (χ3v) is 8.56. The lowest BCUT2D eigenvalue weighted by Crippen LogP contribution is -3.00. The summed E-state index contributed by atoms with van der Waals surface area (Å²) in [6.07, 6.45) is 5.32. The zero-order valence-electron chi connectivity index (χ0n) is 22.5. The molecule has 38 heavy (non-hydrogen) atoms. The van der Waals surface area contributed by atoms with Gasteiger partial charge in [-0.15, -0.1) is 6.58 Å². The highest BCUT2D eigenvalue weighted by Crippen LogP contribution is 2.49. The van der Waals surface area contributed by atoms with Crippen molar-refractivity contribution in [1.29, 1.82) is 0 Å². The highest BCUT2D eigenvalue weighted by Gasteiger charge is 2.54. The number of halogens is 1. The van der Waals surface area contributed by atoms with Gasteiger partial charge in [0.25, 0.3) is 0 Å². The van der Waals surface area contributed by atoms with E-state index in [9.17, 15) is 5.11 Å². The predicted molar refractivity (Wildman–Crippen MR) is 143 cm³/mol. The standard InChI is InChI=1S/C30H37N2O5.BrH/c1-6-20-18-32(17-19-13-27(35-3)30(37-5)28(14-19)36-4)12-10-21(20)15-26(32)29(33)23-9-11-31-25-8-7-22(34-2)16-24(23)25;/h6-9,11,13-14,16,20-21,26,29,33H,1,10,12,15,17-18H2,2-5H3;1H/q+1;/p-1/t20-,21-,26-,29+,32?;/m0./s1.